The lowest BCUT2D eigenvalue weighted by atomic mass is 10.00. The van der Waals surface area contributed by atoms with Crippen molar-refractivity contribution >= 4 is 29.0 Å². The summed E-state index contributed by atoms with van der Waals surface area (Å²) in [6.07, 6.45) is 3.02. The third-order valence-corrected chi connectivity index (χ3v) is 5.05. The Morgan fingerprint density at radius 3 is 2.95 bits per heavy atom. The molecule has 104 valence electrons. The maximum Gasteiger partial charge on any atom is 0.273 e. The monoisotopic (exact) mass is 304 g/mol. The maximum absolute atomic E-state index is 12.4. The number of rotatable bonds is 2. The van der Waals surface area contributed by atoms with Gasteiger partial charge >= 0.3 is 0 Å². The first-order valence-electron chi connectivity index (χ1n) is 6.54. The second kappa shape index (κ2) is 5.58. The fourth-order valence-electron chi connectivity index (χ4n) is 2.45. The molecule has 2 aromatic rings. The number of hydrogen-bond acceptors (Lipinski definition) is 4. The van der Waals surface area contributed by atoms with E-state index >= 15 is 0 Å². The van der Waals surface area contributed by atoms with E-state index in [9.17, 15) is 4.79 Å². The maximum atomic E-state index is 12.4. The molecule has 0 bridgehead atoms. The van der Waals surface area contributed by atoms with Crippen LogP contribution in [0.1, 0.15) is 26.6 Å². The van der Waals surface area contributed by atoms with Gasteiger partial charge in [-0.25, -0.2) is 4.98 Å². The number of fused-ring (bicyclic) bond motifs is 1. The van der Waals surface area contributed by atoms with E-state index in [-0.39, 0.29) is 5.91 Å². The Balaban J connectivity index is 1.80. The van der Waals surface area contributed by atoms with Crippen LogP contribution in [0.15, 0.2) is 28.5 Å². The van der Waals surface area contributed by atoms with Crippen molar-refractivity contribution in [3.05, 3.63) is 45.4 Å². The molecule has 0 fully saturated rings. The molecule has 0 saturated carbocycles. The lowest BCUT2D eigenvalue weighted by Gasteiger charge is -2.28. The van der Waals surface area contributed by atoms with Crippen LogP contribution >= 0.6 is 23.1 Å². The molecule has 0 N–H and O–H groups in total. The van der Waals surface area contributed by atoms with Gasteiger partial charge in [0.05, 0.1) is 5.01 Å². The number of thiazole rings is 1. The second-order valence-corrected chi connectivity index (χ2v) is 6.80. The zero-order valence-corrected chi connectivity index (χ0v) is 13.2. The molecular weight excluding hydrogens is 288 g/mol. The topological polar surface area (TPSA) is 33.2 Å². The summed E-state index contributed by atoms with van der Waals surface area (Å²) in [5.41, 5.74) is 3.21. The number of nitrogens with zero attached hydrogens (tertiary/aromatic N) is 2. The molecule has 1 aromatic carbocycles. The molecule has 3 rings (SSSR count). The molecule has 20 heavy (non-hydrogen) atoms. The minimum atomic E-state index is 0.0499. The van der Waals surface area contributed by atoms with E-state index in [4.69, 9.17) is 0 Å². The molecule has 1 amide bonds. The predicted molar refractivity (Wildman–Crippen MR) is 83.5 cm³/mol. The van der Waals surface area contributed by atoms with Gasteiger partial charge in [0.2, 0.25) is 0 Å². The van der Waals surface area contributed by atoms with E-state index in [0.717, 1.165) is 18.0 Å². The van der Waals surface area contributed by atoms with Crippen LogP contribution in [-0.2, 0) is 13.0 Å². The largest absolute Gasteiger partial charge is 0.333 e. The number of thioether (sulfide) groups is 1. The van der Waals surface area contributed by atoms with Gasteiger partial charge in [0.1, 0.15) is 5.69 Å². The second-order valence-electron chi connectivity index (χ2n) is 4.86. The average molecular weight is 304 g/mol. The molecule has 1 aliphatic heterocycles. The molecule has 0 saturated heterocycles. The minimum Gasteiger partial charge on any atom is -0.333 e. The Bertz CT molecular complexity index is 651. The first-order valence-corrected chi connectivity index (χ1v) is 8.65. The molecule has 0 aliphatic carbocycles. The van der Waals surface area contributed by atoms with E-state index in [1.807, 2.05) is 17.2 Å². The van der Waals surface area contributed by atoms with Gasteiger partial charge in [0, 0.05) is 23.4 Å². The zero-order chi connectivity index (χ0) is 14.1. The number of aryl methyl sites for hydroxylation is 1. The third kappa shape index (κ3) is 2.60. The predicted octanol–water partition coefficient (Wildman–Crippen LogP) is 3.37. The Kier molecular flexibility index (Phi) is 3.81. The van der Waals surface area contributed by atoms with Gasteiger partial charge in [0.15, 0.2) is 0 Å². The number of aromatic nitrogens is 1. The Labute approximate surface area is 127 Å². The molecule has 1 aliphatic rings. The van der Waals surface area contributed by atoms with Crippen LogP contribution in [0.2, 0.25) is 0 Å². The Morgan fingerprint density at radius 2 is 2.25 bits per heavy atom. The zero-order valence-electron chi connectivity index (χ0n) is 11.5. The minimum absolute atomic E-state index is 0.0499. The fraction of sp³-hybridized carbons (Fsp3) is 0.333. The first-order chi connectivity index (χ1) is 9.67. The van der Waals surface area contributed by atoms with Gasteiger partial charge < -0.3 is 4.90 Å². The summed E-state index contributed by atoms with van der Waals surface area (Å²) in [6, 6.07) is 6.52. The molecule has 5 heteroatoms. The van der Waals surface area contributed by atoms with Crippen molar-refractivity contribution < 1.29 is 4.79 Å². The Hall–Kier alpha value is -1.33. The van der Waals surface area contributed by atoms with Crippen LogP contribution in [0.3, 0.4) is 0 Å². The molecule has 3 nitrogen and oxygen atoms in total. The van der Waals surface area contributed by atoms with Gasteiger partial charge in [-0.2, -0.15) is 0 Å². The lowest BCUT2D eigenvalue weighted by molar-refractivity contribution is 0.0729. The normalized spacial score (nSPS) is 14.2. The van der Waals surface area contributed by atoms with Crippen molar-refractivity contribution in [1.29, 1.82) is 0 Å². The van der Waals surface area contributed by atoms with Crippen LogP contribution in [0.4, 0.5) is 0 Å². The van der Waals surface area contributed by atoms with E-state index in [2.05, 4.69) is 29.4 Å². The number of carbonyl (C=O) groups excluding carboxylic acids is 1. The van der Waals surface area contributed by atoms with Crippen molar-refractivity contribution in [3.8, 4) is 0 Å². The fourth-order valence-corrected chi connectivity index (χ4v) is 3.50. The highest BCUT2D eigenvalue weighted by Crippen LogP contribution is 2.25. The SMILES string of the molecule is CSc1ccc2c(c1)CCN(C(=O)c1csc(C)n1)C2. The lowest BCUT2D eigenvalue weighted by Crippen LogP contribution is -2.36. The number of benzene rings is 1. The van der Waals surface area contributed by atoms with E-state index < -0.39 is 0 Å². The highest BCUT2D eigenvalue weighted by molar-refractivity contribution is 7.98. The van der Waals surface area contributed by atoms with Crippen LogP contribution in [-0.4, -0.2) is 28.6 Å². The van der Waals surface area contributed by atoms with Crippen LogP contribution in [0, 0.1) is 6.92 Å². The van der Waals surface area contributed by atoms with Crippen LogP contribution < -0.4 is 0 Å². The van der Waals surface area contributed by atoms with Crippen molar-refractivity contribution in [2.24, 2.45) is 0 Å². The van der Waals surface area contributed by atoms with Crippen molar-refractivity contribution in [2.45, 2.75) is 24.8 Å². The highest BCUT2D eigenvalue weighted by atomic mass is 32.2. The summed E-state index contributed by atoms with van der Waals surface area (Å²) in [5, 5.41) is 2.79. The summed E-state index contributed by atoms with van der Waals surface area (Å²) in [6.45, 7) is 3.40. The molecule has 2 heterocycles. The molecule has 1 aromatic heterocycles. The Morgan fingerprint density at radius 1 is 1.40 bits per heavy atom. The van der Waals surface area contributed by atoms with Gasteiger partial charge in [-0.15, -0.1) is 23.1 Å². The number of carbonyl (C=O) groups is 1. The third-order valence-electron chi connectivity index (χ3n) is 3.55. The summed E-state index contributed by atoms with van der Waals surface area (Å²) >= 11 is 3.29. The molecule has 0 atom stereocenters. The van der Waals surface area contributed by atoms with Crippen molar-refractivity contribution in [2.75, 3.05) is 12.8 Å². The van der Waals surface area contributed by atoms with E-state index in [1.54, 1.807) is 11.8 Å². The first kappa shape index (κ1) is 13.6. The summed E-state index contributed by atoms with van der Waals surface area (Å²) in [5.74, 6) is 0.0499. The number of amides is 1. The van der Waals surface area contributed by atoms with Crippen LogP contribution in [0.5, 0.6) is 0 Å². The summed E-state index contributed by atoms with van der Waals surface area (Å²) < 4.78 is 0. The van der Waals surface area contributed by atoms with Gasteiger partial charge in [0.25, 0.3) is 5.91 Å². The smallest absolute Gasteiger partial charge is 0.273 e. The van der Waals surface area contributed by atoms with Crippen molar-refractivity contribution in [1.82, 2.24) is 9.88 Å². The van der Waals surface area contributed by atoms with Gasteiger partial charge in [-0.1, -0.05) is 6.07 Å². The van der Waals surface area contributed by atoms with E-state index in [1.165, 1.54) is 27.4 Å². The van der Waals surface area contributed by atoms with Gasteiger partial charge in [-0.3, -0.25) is 4.79 Å². The molecular formula is C15H16N2OS2. The highest BCUT2D eigenvalue weighted by Gasteiger charge is 2.23. The van der Waals surface area contributed by atoms with E-state index in [0.29, 0.717) is 12.2 Å². The van der Waals surface area contributed by atoms with Crippen LogP contribution in [0.25, 0.3) is 0 Å². The molecule has 0 radical (unpaired) electrons. The quantitative estimate of drug-likeness (QED) is 0.798. The molecule has 0 unspecified atom stereocenters. The average Bonchev–Trinajstić information content (AvgIpc) is 2.92. The number of hydrogen-bond donors (Lipinski definition) is 0. The van der Waals surface area contributed by atoms with Gasteiger partial charge in [-0.05, 0) is 42.9 Å². The summed E-state index contributed by atoms with van der Waals surface area (Å²) in [7, 11) is 0. The standard InChI is InChI=1S/C15H16N2OS2/c1-10-16-14(9-20-10)15(18)17-6-5-11-7-13(19-2)4-3-12(11)8-17/h3-4,7,9H,5-6,8H2,1-2H3. The summed E-state index contributed by atoms with van der Waals surface area (Å²) in [4.78, 5) is 19.9. The van der Waals surface area contributed by atoms with Crippen molar-refractivity contribution in [3.63, 3.8) is 0 Å². The molecule has 0 spiro atoms.